The van der Waals surface area contributed by atoms with Crippen molar-refractivity contribution in [1.29, 1.82) is 0 Å². The summed E-state index contributed by atoms with van der Waals surface area (Å²) in [6.45, 7) is 0. The van der Waals surface area contributed by atoms with Gasteiger partial charge in [0.15, 0.2) is 0 Å². The quantitative estimate of drug-likeness (QED) is 0.479. The van der Waals surface area contributed by atoms with Crippen LogP contribution in [0.3, 0.4) is 0 Å². The van der Waals surface area contributed by atoms with Crippen molar-refractivity contribution in [3.05, 3.63) is 58.3 Å². The molecule has 1 heterocycles. The Hall–Kier alpha value is -2.34. The van der Waals surface area contributed by atoms with Crippen LogP contribution in [0.4, 0.5) is 10.1 Å². The molecule has 90 valence electrons. The number of hydrogen-bond acceptors (Lipinski definition) is 5. The van der Waals surface area contributed by atoms with Crippen LogP contribution in [0, 0.1) is 10.1 Å². The Morgan fingerprint density at radius 2 is 2.11 bits per heavy atom. The highest BCUT2D eigenvalue weighted by Gasteiger charge is 2.09. The molecule has 0 amide bonds. The Kier molecular flexibility index (Phi) is 3.93. The molecule has 1 aromatic carbocycles. The minimum absolute atomic E-state index is 0.00538. The van der Waals surface area contributed by atoms with Crippen molar-refractivity contribution in [3.63, 3.8) is 0 Å². The van der Waals surface area contributed by atoms with E-state index in [0.717, 1.165) is 16.9 Å². The topological polar surface area (TPSA) is 68.4 Å². The van der Waals surface area contributed by atoms with Gasteiger partial charge in [0.1, 0.15) is 6.20 Å². The Morgan fingerprint density at radius 3 is 2.78 bits per heavy atom. The van der Waals surface area contributed by atoms with Crippen molar-refractivity contribution in [1.82, 2.24) is 4.98 Å². The lowest BCUT2D eigenvalue weighted by Gasteiger charge is -1.87. The molecular formula is C12H9N3O2S. The lowest BCUT2D eigenvalue weighted by atomic mass is 10.2. The van der Waals surface area contributed by atoms with Gasteiger partial charge in [0.2, 0.25) is 5.13 Å². The van der Waals surface area contributed by atoms with E-state index < -0.39 is 4.92 Å². The molecule has 0 radical (unpaired) electrons. The zero-order valence-electron chi connectivity index (χ0n) is 9.26. The number of benzene rings is 1. The molecule has 0 aliphatic rings. The van der Waals surface area contributed by atoms with Crippen molar-refractivity contribution in [3.8, 4) is 0 Å². The Morgan fingerprint density at radius 1 is 1.33 bits per heavy atom. The molecule has 0 aliphatic heterocycles. The van der Waals surface area contributed by atoms with Gasteiger partial charge in [-0.1, -0.05) is 36.4 Å². The van der Waals surface area contributed by atoms with Gasteiger partial charge in [-0.25, -0.2) is 9.98 Å². The normalized spacial score (nSPS) is 11.3. The minimum Gasteiger partial charge on any atom is -0.257 e. The molecular weight excluding hydrogens is 250 g/mol. The van der Waals surface area contributed by atoms with E-state index in [1.807, 2.05) is 36.4 Å². The predicted molar refractivity (Wildman–Crippen MR) is 72.4 cm³/mol. The van der Waals surface area contributed by atoms with E-state index in [0.29, 0.717) is 5.13 Å². The standard InChI is InChI=1S/C12H9N3O2S/c16-15(17)11-9-14-12(18-11)13-8-4-7-10-5-2-1-3-6-10/h1-9H/b7-4-,13-8+. The molecule has 2 rings (SSSR count). The maximum absolute atomic E-state index is 10.4. The van der Waals surface area contributed by atoms with E-state index >= 15 is 0 Å². The van der Waals surface area contributed by atoms with Crippen LogP contribution in [0.5, 0.6) is 0 Å². The highest BCUT2D eigenvalue weighted by molar-refractivity contribution is 7.18. The molecule has 0 saturated carbocycles. The minimum atomic E-state index is -0.476. The van der Waals surface area contributed by atoms with Gasteiger partial charge in [0.25, 0.3) is 0 Å². The van der Waals surface area contributed by atoms with E-state index in [1.165, 1.54) is 6.20 Å². The number of aliphatic imine (C=N–C) groups is 1. The van der Waals surface area contributed by atoms with E-state index in [2.05, 4.69) is 9.98 Å². The first-order chi connectivity index (χ1) is 8.75. The summed E-state index contributed by atoms with van der Waals surface area (Å²) < 4.78 is 0. The fourth-order valence-electron chi connectivity index (χ4n) is 1.23. The second-order valence-corrected chi connectivity index (χ2v) is 4.27. The molecule has 0 bridgehead atoms. The Labute approximate surface area is 107 Å². The van der Waals surface area contributed by atoms with Gasteiger partial charge in [-0.2, -0.15) is 0 Å². The van der Waals surface area contributed by atoms with Gasteiger partial charge in [-0.3, -0.25) is 10.1 Å². The van der Waals surface area contributed by atoms with Gasteiger partial charge in [0, 0.05) is 6.21 Å². The lowest BCUT2D eigenvalue weighted by Crippen LogP contribution is -1.80. The molecule has 0 unspecified atom stereocenters. The monoisotopic (exact) mass is 259 g/mol. The number of allylic oxidation sites excluding steroid dienone is 1. The molecule has 0 saturated heterocycles. The fraction of sp³-hybridized carbons (Fsp3) is 0. The zero-order valence-corrected chi connectivity index (χ0v) is 10.1. The number of nitro groups is 1. The van der Waals surface area contributed by atoms with Crippen LogP contribution in [0.2, 0.25) is 0 Å². The van der Waals surface area contributed by atoms with Crippen LogP contribution in [0.15, 0.2) is 47.6 Å². The van der Waals surface area contributed by atoms with E-state index in [9.17, 15) is 10.1 Å². The first kappa shape index (κ1) is 12.1. The molecule has 0 spiro atoms. The van der Waals surface area contributed by atoms with Crippen LogP contribution < -0.4 is 0 Å². The maximum Gasteiger partial charge on any atom is 0.345 e. The summed E-state index contributed by atoms with van der Waals surface area (Å²) in [6.07, 6.45) is 6.43. The van der Waals surface area contributed by atoms with Crippen molar-refractivity contribution in [2.75, 3.05) is 0 Å². The third kappa shape index (κ3) is 3.33. The summed E-state index contributed by atoms with van der Waals surface area (Å²) in [7, 11) is 0. The van der Waals surface area contributed by atoms with Gasteiger partial charge >= 0.3 is 5.00 Å². The molecule has 18 heavy (non-hydrogen) atoms. The maximum atomic E-state index is 10.4. The largest absolute Gasteiger partial charge is 0.345 e. The van der Waals surface area contributed by atoms with Gasteiger partial charge in [-0.15, -0.1) is 0 Å². The summed E-state index contributed by atoms with van der Waals surface area (Å²) in [5.74, 6) is 0. The number of rotatable bonds is 4. The Balaban J connectivity index is 1.99. The van der Waals surface area contributed by atoms with Crippen LogP contribution in [0.1, 0.15) is 5.56 Å². The van der Waals surface area contributed by atoms with E-state index in [4.69, 9.17) is 0 Å². The first-order valence-electron chi connectivity index (χ1n) is 5.12. The number of hydrogen-bond donors (Lipinski definition) is 0. The molecule has 0 aliphatic carbocycles. The lowest BCUT2D eigenvalue weighted by molar-refractivity contribution is -0.380. The average Bonchev–Trinajstić information content (AvgIpc) is 2.85. The Bertz CT molecular complexity index is 590. The second kappa shape index (κ2) is 5.83. The third-order valence-electron chi connectivity index (χ3n) is 2.02. The van der Waals surface area contributed by atoms with Crippen LogP contribution in [-0.4, -0.2) is 16.1 Å². The molecule has 2 aromatic rings. The number of nitrogens with zero attached hydrogens (tertiary/aromatic N) is 3. The highest BCUT2D eigenvalue weighted by atomic mass is 32.1. The summed E-state index contributed by atoms with van der Waals surface area (Å²) in [5.41, 5.74) is 1.06. The zero-order chi connectivity index (χ0) is 12.8. The van der Waals surface area contributed by atoms with Crippen molar-refractivity contribution >= 4 is 33.8 Å². The molecule has 1 aromatic heterocycles. The number of thiazole rings is 1. The molecule has 6 heteroatoms. The van der Waals surface area contributed by atoms with Gasteiger partial charge in [-0.05, 0) is 23.0 Å². The molecule has 5 nitrogen and oxygen atoms in total. The summed E-state index contributed by atoms with van der Waals surface area (Å²) in [4.78, 5) is 17.8. The van der Waals surface area contributed by atoms with Crippen molar-refractivity contribution < 1.29 is 4.92 Å². The summed E-state index contributed by atoms with van der Waals surface area (Å²) in [5, 5.41) is 10.8. The predicted octanol–water partition coefficient (Wildman–Crippen LogP) is 3.47. The second-order valence-electron chi connectivity index (χ2n) is 3.29. The van der Waals surface area contributed by atoms with Crippen molar-refractivity contribution in [2.45, 2.75) is 0 Å². The van der Waals surface area contributed by atoms with Crippen LogP contribution >= 0.6 is 11.3 Å². The smallest absolute Gasteiger partial charge is 0.257 e. The van der Waals surface area contributed by atoms with Gasteiger partial charge < -0.3 is 0 Å². The van der Waals surface area contributed by atoms with Crippen LogP contribution in [0.25, 0.3) is 6.08 Å². The number of aromatic nitrogens is 1. The highest BCUT2D eigenvalue weighted by Crippen LogP contribution is 2.26. The van der Waals surface area contributed by atoms with E-state index in [1.54, 1.807) is 12.3 Å². The summed E-state index contributed by atoms with van der Waals surface area (Å²) >= 11 is 0.945. The van der Waals surface area contributed by atoms with Gasteiger partial charge in [0.05, 0.1) is 4.92 Å². The van der Waals surface area contributed by atoms with E-state index in [-0.39, 0.29) is 5.00 Å². The SMILES string of the molecule is O=[N+]([O-])c1cnc(/N=C/C=C\c2ccccc2)s1. The first-order valence-corrected chi connectivity index (χ1v) is 5.93. The fourth-order valence-corrected chi connectivity index (χ4v) is 1.81. The third-order valence-corrected chi connectivity index (χ3v) is 2.88. The molecule has 0 atom stereocenters. The van der Waals surface area contributed by atoms with Crippen LogP contribution in [-0.2, 0) is 0 Å². The molecule has 0 fully saturated rings. The molecule has 0 N–H and O–H groups in total. The average molecular weight is 259 g/mol. The summed E-state index contributed by atoms with van der Waals surface area (Å²) in [6, 6.07) is 9.78. The van der Waals surface area contributed by atoms with Crippen molar-refractivity contribution in [2.24, 2.45) is 4.99 Å².